The molecule has 0 aromatic heterocycles. The molecule has 0 saturated carbocycles. The molecule has 0 atom stereocenters. The van der Waals surface area contributed by atoms with E-state index in [9.17, 15) is 9.59 Å². The highest BCUT2D eigenvalue weighted by atomic mass is 16.5. The molecule has 9 rings (SSSR count). The Balaban J connectivity index is 1.20. The van der Waals surface area contributed by atoms with Crippen molar-refractivity contribution >= 4 is 51.6 Å². The van der Waals surface area contributed by atoms with Gasteiger partial charge < -0.3 is 24.0 Å². The summed E-state index contributed by atoms with van der Waals surface area (Å²) in [4.78, 5) is 34.2. The van der Waals surface area contributed by atoms with Crippen molar-refractivity contribution in [3.05, 3.63) is 145 Å². The highest BCUT2D eigenvalue weighted by Crippen LogP contribution is 2.57. The lowest BCUT2D eigenvalue weighted by atomic mass is 10.0. The fourth-order valence-corrected chi connectivity index (χ4v) is 7.20. The van der Waals surface area contributed by atoms with Gasteiger partial charge >= 0.3 is 0 Å². The molecular weight excluding hydrogens is 651 g/mol. The molecule has 2 amide bonds. The van der Waals surface area contributed by atoms with Crippen molar-refractivity contribution in [2.75, 3.05) is 21.3 Å². The Bertz CT molecular complexity index is 2130. The van der Waals surface area contributed by atoms with Gasteiger partial charge in [0.1, 0.15) is 5.75 Å². The molecule has 0 saturated heterocycles. The zero-order valence-corrected chi connectivity index (χ0v) is 28.6. The van der Waals surface area contributed by atoms with Crippen LogP contribution in [0.2, 0.25) is 0 Å². The van der Waals surface area contributed by atoms with E-state index >= 15 is 0 Å². The van der Waals surface area contributed by atoms with Crippen LogP contribution >= 0.6 is 0 Å². The molecule has 0 aliphatic carbocycles. The lowest BCUT2D eigenvalue weighted by Gasteiger charge is -2.38. The number of para-hydroxylation sites is 8. The van der Waals surface area contributed by atoms with Crippen LogP contribution < -0.4 is 28.9 Å². The smallest absolute Gasteiger partial charge is 0.266 e. The molecule has 0 radical (unpaired) electrons. The minimum atomic E-state index is -0.390. The third kappa shape index (κ3) is 5.22. The Labute approximate surface area is 302 Å². The summed E-state index contributed by atoms with van der Waals surface area (Å²) in [5.74, 6) is 2.62. The number of imide groups is 1. The number of rotatable bonds is 9. The van der Waals surface area contributed by atoms with Crippen molar-refractivity contribution in [2.45, 2.75) is 32.6 Å². The summed E-state index contributed by atoms with van der Waals surface area (Å²) < 4.78 is 18.7. The standard InChI is InChI=1S/C44H35N3O5/c1-2-3-4-13-26-50-30-24-22-29(23-25-30)45-43(48)31-27-37(46-33-14-5-9-18-39(33)51-40-19-10-6-15-34(40)46)38(28-32(31)44(45)49)47-35-16-7-11-20-41(35)52-42-21-12-8-17-36(42)47/h5-12,14-25,27-28H,2-4,13,26H2,1H3. The molecule has 0 fully saturated rings. The second-order valence-corrected chi connectivity index (χ2v) is 13.0. The van der Waals surface area contributed by atoms with Gasteiger partial charge in [-0.15, -0.1) is 0 Å². The second kappa shape index (κ2) is 13.0. The molecule has 8 heteroatoms. The van der Waals surface area contributed by atoms with Crippen LogP contribution in [0.5, 0.6) is 28.7 Å². The van der Waals surface area contributed by atoms with Crippen LogP contribution in [-0.2, 0) is 0 Å². The fourth-order valence-electron chi connectivity index (χ4n) is 7.20. The summed E-state index contributed by atoms with van der Waals surface area (Å²) in [6, 6.07) is 42.2. The van der Waals surface area contributed by atoms with E-state index in [0.29, 0.717) is 63.5 Å². The van der Waals surface area contributed by atoms with Crippen LogP contribution in [0.4, 0.5) is 39.8 Å². The van der Waals surface area contributed by atoms with E-state index in [1.807, 2.05) is 121 Å². The number of unbranched alkanes of at least 4 members (excludes halogenated alkanes) is 3. The van der Waals surface area contributed by atoms with Crippen LogP contribution in [-0.4, -0.2) is 18.4 Å². The van der Waals surface area contributed by atoms with Gasteiger partial charge in [-0.3, -0.25) is 9.59 Å². The predicted octanol–water partition coefficient (Wildman–Crippen LogP) is 11.6. The molecule has 8 nitrogen and oxygen atoms in total. The van der Waals surface area contributed by atoms with Crippen molar-refractivity contribution in [3.63, 3.8) is 0 Å². The van der Waals surface area contributed by atoms with Crippen molar-refractivity contribution in [1.82, 2.24) is 0 Å². The van der Waals surface area contributed by atoms with Crippen molar-refractivity contribution in [2.24, 2.45) is 0 Å². The first kappa shape index (κ1) is 31.4. The van der Waals surface area contributed by atoms with Crippen LogP contribution in [0.15, 0.2) is 133 Å². The summed E-state index contributed by atoms with van der Waals surface area (Å²) in [5.41, 5.74) is 5.72. The maximum absolute atomic E-state index is 14.4. The van der Waals surface area contributed by atoms with Gasteiger partial charge in [-0.2, -0.15) is 0 Å². The van der Waals surface area contributed by atoms with E-state index < -0.39 is 11.8 Å². The lowest BCUT2D eigenvalue weighted by molar-refractivity contribution is 0.0926. The number of anilines is 7. The van der Waals surface area contributed by atoms with Crippen LogP contribution in [0.25, 0.3) is 0 Å². The topological polar surface area (TPSA) is 71.6 Å². The number of carbonyl (C=O) groups excluding carboxylic acids is 2. The summed E-state index contributed by atoms with van der Waals surface area (Å²) >= 11 is 0. The zero-order valence-electron chi connectivity index (χ0n) is 28.6. The van der Waals surface area contributed by atoms with Crippen molar-refractivity contribution in [1.29, 1.82) is 0 Å². The number of ether oxygens (including phenoxy) is 3. The van der Waals surface area contributed by atoms with Crippen molar-refractivity contribution < 1.29 is 23.8 Å². The van der Waals surface area contributed by atoms with Crippen LogP contribution in [0, 0.1) is 0 Å². The summed E-state index contributed by atoms with van der Waals surface area (Å²) in [7, 11) is 0. The van der Waals surface area contributed by atoms with Gasteiger partial charge in [-0.1, -0.05) is 74.7 Å². The van der Waals surface area contributed by atoms with E-state index in [-0.39, 0.29) is 0 Å². The first-order valence-corrected chi connectivity index (χ1v) is 17.7. The summed E-state index contributed by atoms with van der Waals surface area (Å²) in [6.45, 7) is 2.81. The number of amides is 2. The molecular formula is C44H35N3O5. The quantitative estimate of drug-likeness (QED) is 0.111. The maximum atomic E-state index is 14.4. The average Bonchev–Trinajstić information content (AvgIpc) is 3.43. The first-order chi connectivity index (χ1) is 25.6. The highest BCUT2D eigenvalue weighted by molar-refractivity contribution is 6.35. The van der Waals surface area contributed by atoms with Gasteiger partial charge in [0.15, 0.2) is 23.0 Å². The molecule has 0 bridgehead atoms. The Morgan fingerprint density at radius 2 is 0.904 bits per heavy atom. The molecule has 0 N–H and O–H groups in total. The fraction of sp³-hybridized carbons (Fsp3) is 0.136. The van der Waals surface area contributed by atoms with Crippen LogP contribution in [0.1, 0.15) is 53.3 Å². The molecule has 0 unspecified atom stereocenters. The molecule has 3 heterocycles. The minimum absolute atomic E-state index is 0.316. The Hall–Kier alpha value is -6.54. The molecule has 256 valence electrons. The molecule has 3 aliphatic heterocycles. The number of hydrogen-bond acceptors (Lipinski definition) is 7. The number of benzene rings is 6. The third-order valence-electron chi connectivity index (χ3n) is 9.69. The average molecular weight is 686 g/mol. The lowest BCUT2D eigenvalue weighted by Crippen LogP contribution is -2.29. The Morgan fingerprint density at radius 1 is 0.481 bits per heavy atom. The monoisotopic (exact) mass is 685 g/mol. The number of nitrogens with zero attached hydrogens (tertiary/aromatic N) is 3. The third-order valence-corrected chi connectivity index (χ3v) is 9.69. The predicted molar refractivity (Wildman–Crippen MR) is 203 cm³/mol. The normalized spacial score (nSPS) is 13.8. The Kier molecular flexibility index (Phi) is 7.84. The van der Waals surface area contributed by atoms with E-state index in [0.717, 1.165) is 42.0 Å². The number of hydrogen-bond donors (Lipinski definition) is 0. The van der Waals surface area contributed by atoms with E-state index in [1.54, 1.807) is 12.1 Å². The van der Waals surface area contributed by atoms with Gasteiger partial charge in [-0.25, -0.2) is 4.90 Å². The highest BCUT2D eigenvalue weighted by Gasteiger charge is 2.41. The maximum Gasteiger partial charge on any atom is 0.266 e. The first-order valence-electron chi connectivity index (χ1n) is 17.7. The van der Waals surface area contributed by atoms with Crippen LogP contribution in [0.3, 0.4) is 0 Å². The minimum Gasteiger partial charge on any atom is -0.494 e. The van der Waals surface area contributed by atoms with Gasteiger partial charge in [0.2, 0.25) is 0 Å². The molecule has 52 heavy (non-hydrogen) atoms. The molecule has 3 aliphatic rings. The van der Waals surface area contributed by atoms with Gasteiger partial charge in [0.05, 0.1) is 57.5 Å². The van der Waals surface area contributed by atoms with E-state index in [2.05, 4.69) is 16.7 Å². The molecule has 0 spiro atoms. The second-order valence-electron chi connectivity index (χ2n) is 13.0. The van der Waals surface area contributed by atoms with Gasteiger partial charge in [0, 0.05) is 0 Å². The van der Waals surface area contributed by atoms with Gasteiger partial charge in [-0.05, 0) is 91.3 Å². The number of carbonyl (C=O) groups is 2. The Morgan fingerprint density at radius 3 is 1.33 bits per heavy atom. The number of fused-ring (bicyclic) bond motifs is 5. The summed E-state index contributed by atoms with van der Waals surface area (Å²) in [5, 5.41) is 0. The van der Waals surface area contributed by atoms with Crippen molar-refractivity contribution in [3.8, 4) is 28.7 Å². The van der Waals surface area contributed by atoms with E-state index in [4.69, 9.17) is 14.2 Å². The molecule has 6 aromatic rings. The molecule has 6 aromatic carbocycles. The van der Waals surface area contributed by atoms with Gasteiger partial charge in [0.25, 0.3) is 11.8 Å². The van der Waals surface area contributed by atoms with E-state index in [1.165, 1.54) is 11.3 Å². The SMILES string of the molecule is CCCCCCOc1ccc(N2C(=O)c3cc(N4c5ccccc5Oc5ccccc54)c(N4c5ccccc5Oc5ccccc54)cc3C2=O)cc1. The largest absolute Gasteiger partial charge is 0.494 e. The summed E-state index contributed by atoms with van der Waals surface area (Å²) in [6.07, 6.45) is 4.45. The zero-order chi connectivity index (χ0) is 35.2.